The van der Waals surface area contributed by atoms with Gasteiger partial charge < -0.3 is 16.0 Å². The third-order valence-corrected chi connectivity index (χ3v) is 1.37. The predicted octanol–water partition coefficient (Wildman–Crippen LogP) is -0.541. The van der Waals surface area contributed by atoms with Crippen LogP contribution in [0.5, 0.6) is 0 Å². The number of nitrogens with one attached hydrogen (secondary N) is 2. The van der Waals surface area contributed by atoms with Crippen LogP contribution in [-0.2, 0) is 6.54 Å². The van der Waals surface area contributed by atoms with E-state index in [0.29, 0.717) is 18.3 Å². The highest BCUT2D eigenvalue weighted by Gasteiger charge is 2.09. The van der Waals surface area contributed by atoms with Gasteiger partial charge in [-0.3, -0.25) is 0 Å². The number of rotatable bonds is 0. The van der Waals surface area contributed by atoms with Crippen LogP contribution in [0, 0.1) is 0 Å². The first-order chi connectivity index (χ1) is 4.86. The zero-order valence-corrected chi connectivity index (χ0v) is 5.26. The summed E-state index contributed by atoms with van der Waals surface area (Å²) in [6.45, 7) is 0.685. The van der Waals surface area contributed by atoms with E-state index >= 15 is 0 Å². The largest absolute Gasteiger partial charge is 0.370 e. The van der Waals surface area contributed by atoms with Crippen LogP contribution in [0.3, 0.4) is 0 Å². The van der Waals surface area contributed by atoms with E-state index in [9.17, 15) is 0 Å². The SMILES string of the molecule is NC1=Nc2nc[nH]c2CN1. The van der Waals surface area contributed by atoms with Crippen molar-refractivity contribution in [2.45, 2.75) is 6.54 Å². The molecule has 1 aromatic rings. The molecule has 0 atom stereocenters. The summed E-state index contributed by atoms with van der Waals surface area (Å²) in [7, 11) is 0. The number of fused-ring (bicyclic) bond motifs is 1. The third-order valence-electron chi connectivity index (χ3n) is 1.37. The van der Waals surface area contributed by atoms with Gasteiger partial charge in [-0.1, -0.05) is 0 Å². The molecule has 10 heavy (non-hydrogen) atoms. The molecule has 52 valence electrons. The molecule has 2 heterocycles. The lowest BCUT2D eigenvalue weighted by molar-refractivity contribution is 0.853. The predicted molar refractivity (Wildman–Crippen MR) is 36.7 cm³/mol. The number of hydrogen-bond donors (Lipinski definition) is 3. The highest BCUT2D eigenvalue weighted by Crippen LogP contribution is 2.14. The quantitative estimate of drug-likeness (QED) is 0.449. The van der Waals surface area contributed by atoms with Gasteiger partial charge in [0.15, 0.2) is 11.8 Å². The minimum absolute atomic E-state index is 0.430. The second-order valence-corrected chi connectivity index (χ2v) is 2.06. The van der Waals surface area contributed by atoms with Crippen molar-refractivity contribution in [3.05, 3.63) is 12.0 Å². The Balaban J connectivity index is 2.50. The Morgan fingerprint density at radius 3 is 3.40 bits per heavy atom. The van der Waals surface area contributed by atoms with Gasteiger partial charge in [-0.15, -0.1) is 0 Å². The van der Waals surface area contributed by atoms with E-state index in [0.717, 1.165) is 5.69 Å². The normalized spacial score (nSPS) is 15.4. The number of nitrogens with two attached hydrogens (primary N) is 1. The van der Waals surface area contributed by atoms with E-state index in [4.69, 9.17) is 5.73 Å². The van der Waals surface area contributed by atoms with E-state index in [1.165, 1.54) is 0 Å². The highest BCUT2D eigenvalue weighted by atomic mass is 15.2. The maximum Gasteiger partial charge on any atom is 0.195 e. The lowest BCUT2D eigenvalue weighted by atomic mass is 10.4. The average molecular weight is 137 g/mol. The molecule has 1 aliphatic heterocycles. The zero-order valence-electron chi connectivity index (χ0n) is 5.26. The molecule has 0 fully saturated rings. The Kier molecular flexibility index (Phi) is 0.913. The molecule has 0 aliphatic carbocycles. The van der Waals surface area contributed by atoms with Crippen LogP contribution in [-0.4, -0.2) is 15.9 Å². The van der Waals surface area contributed by atoms with E-state index in [1.807, 2.05) is 0 Å². The summed E-state index contributed by atoms with van der Waals surface area (Å²) < 4.78 is 0. The van der Waals surface area contributed by atoms with Gasteiger partial charge in [0.25, 0.3) is 0 Å². The van der Waals surface area contributed by atoms with Gasteiger partial charge in [0, 0.05) is 0 Å². The standard InChI is InChI=1S/C5H7N5/c6-5-7-1-3-4(10-5)9-2-8-3/h2H,1H2,(H,8,9)(H3,6,7,10). The fourth-order valence-electron chi connectivity index (χ4n) is 0.873. The Morgan fingerprint density at radius 2 is 2.50 bits per heavy atom. The molecule has 0 amide bonds. The molecule has 0 unspecified atom stereocenters. The van der Waals surface area contributed by atoms with E-state index in [-0.39, 0.29) is 0 Å². The molecule has 5 nitrogen and oxygen atoms in total. The Morgan fingerprint density at radius 1 is 1.60 bits per heavy atom. The van der Waals surface area contributed by atoms with Crippen LogP contribution in [0.25, 0.3) is 0 Å². The molecular weight excluding hydrogens is 130 g/mol. The van der Waals surface area contributed by atoms with E-state index in [1.54, 1.807) is 6.33 Å². The van der Waals surface area contributed by atoms with Gasteiger partial charge in [-0.25, -0.2) is 4.98 Å². The van der Waals surface area contributed by atoms with Gasteiger partial charge in [-0.2, -0.15) is 4.99 Å². The number of aromatic nitrogens is 2. The van der Waals surface area contributed by atoms with Crippen molar-refractivity contribution in [3.8, 4) is 0 Å². The van der Waals surface area contributed by atoms with Gasteiger partial charge in [0.05, 0.1) is 18.6 Å². The number of H-pyrrole nitrogens is 1. The number of aliphatic imine (C=N–C) groups is 1. The second-order valence-electron chi connectivity index (χ2n) is 2.06. The first-order valence-corrected chi connectivity index (χ1v) is 2.96. The van der Waals surface area contributed by atoms with Crippen LogP contribution in [0.2, 0.25) is 0 Å². The lowest BCUT2D eigenvalue weighted by Gasteiger charge is -2.08. The molecular formula is C5H7N5. The molecule has 1 aromatic heterocycles. The highest BCUT2D eigenvalue weighted by molar-refractivity contribution is 5.82. The minimum Gasteiger partial charge on any atom is -0.370 e. The summed E-state index contributed by atoms with van der Waals surface area (Å²) in [4.78, 5) is 10.8. The van der Waals surface area contributed by atoms with Gasteiger partial charge >= 0.3 is 0 Å². The number of imidazole rings is 1. The average Bonchev–Trinajstić information content (AvgIpc) is 2.33. The topological polar surface area (TPSA) is 79.1 Å². The molecule has 0 radical (unpaired) electrons. The maximum absolute atomic E-state index is 5.39. The second kappa shape index (κ2) is 1.73. The molecule has 0 saturated carbocycles. The van der Waals surface area contributed by atoms with E-state index in [2.05, 4.69) is 20.3 Å². The summed E-state index contributed by atoms with van der Waals surface area (Å²) in [5.41, 5.74) is 6.37. The molecule has 5 heteroatoms. The maximum atomic E-state index is 5.39. The van der Waals surface area contributed by atoms with Crippen molar-refractivity contribution in [3.63, 3.8) is 0 Å². The van der Waals surface area contributed by atoms with Crippen molar-refractivity contribution in [1.82, 2.24) is 15.3 Å². The van der Waals surface area contributed by atoms with Crippen LogP contribution >= 0.6 is 0 Å². The molecule has 0 spiro atoms. The number of aromatic amines is 1. The molecule has 4 N–H and O–H groups in total. The van der Waals surface area contributed by atoms with Crippen LogP contribution < -0.4 is 11.1 Å². The number of nitrogens with zero attached hydrogens (tertiary/aromatic N) is 2. The zero-order chi connectivity index (χ0) is 6.97. The van der Waals surface area contributed by atoms with Gasteiger partial charge in [-0.05, 0) is 0 Å². The Hall–Kier alpha value is -1.52. The first kappa shape index (κ1) is 5.28. The fourth-order valence-corrected chi connectivity index (χ4v) is 0.873. The number of guanidine groups is 1. The number of hydrogen-bond acceptors (Lipinski definition) is 4. The van der Waals surface area contributed by atoms with Crippen molar-refractivity contribution in [1.29, 1.82) is 0 Å². The van der Waals surface area contributed by atoms with Crippen LogP contribution in [0.1, 0.15) is 5.69 Å². The first-order valence-electron chi connectivity index (χ1n) is 2.96. The van der Waals surface area contributed by atoms with Crippen molar-refractivity contribution in [2.24, 2.45) is 10.7 Å². The summed E-state index contributed by atoms with van der Waals surface area (Å²) in [5.74, 6) is 1.12. The summed E-state index contributed by atoms with van der Waals surface area (Å²) in [5, 5.41) is 2.88. The third kappa shape index (κ3) is 0.637. The Bertz CT molecular complexity index is 273. The lowest BCUT2D eigenvalue weighted by Crippen LogP contribution is -2.33. The molecule has 0 aromatic carbocycles. The smallest absolute Gasteiger partial charge is 0.195 e. The Labute approximate surface area is 57.4 Å². The molecule has 1 aliphatic rings. The summed E-state index contributed by atoms with van der Waals surface area (Å²) in [6.07, 6.45) is 1.61. The van der Waals surface area contributed by atoms with Gasteiger partial charge in [0.1, 0.15) is 0 Å². The van der Waals surface area contributed by atoms with E-state index < -0.39 is 0 Å². The minimum atomic E-state index is 0.430. The van der Waals surface area contributed by atoms with Crippen molar-refractivity contribution in [2.75, 3.05) is 0 Å². The summed E-state index contributed by atoms with van der Waals surface area (Å²) in [6, 6.07) is 0. The monoisotopic (exact) mass is 137 g/mol. The molecule has 0 saturated heterocycles. The van der Waals surface area contributed by atoms with Crippen LogP contribution in [0.4, 0.5) is 5.82 Å². The van der Waals surface area contributed by atoms with Crippen molar-refractivity contribution < 1.29 is 0 Å². The summed E-state index contributed by atoms with van der Waals surface area (Å²) >= 11 is 0. The van der Waals surface area contributed by atoms with Crippen LogP contribution in [0.15, 0.2) is 11.3 Å². The van der Waals surface area contributed by atoms with Gasteiger partial charge in [0.2, 0.25) is 0 Å². The molecule has 0 bridgehead atoms. The fraction of sp³-hybridized carbons (Fsp3) is 0.200. The molecule has 2 rings (SSSR count). The van der Waals surface area contributed by atoms with Crippen molar-refractivity contribution >= 4 is 11.8 Å².